The number of sulfonamides is 1. The number of fused-ring (bicyclic) bond motifs is 1. The second-order valence-corrected chi connectivity index (χ2v) is 9.17. The number of hydrogen-bond donors (Lipinski definition) is 1. The molecule has 0 atom stereocenters. The van der Waals surface area contributed by atoms with Gasteiger partial charge in [0.05, 0.1) is 37.9 Å². The molecular formula is C22H24N2O6S. The van der Waals surface area contributed by atoms with Crippen LogP contribution < -0.4 is 10.1 Å². The topological polar surface area (TPSA) is 98.1 Å². The van der Waals surface area contributed by atoms with Crippen molar-refractivity contribution in [2.75, 3.05) is 33.4 Å². The molecule has 1 N–H and O–H groups in total. The summed E-state index contributed by atoms with van der Waals surface area (Å²) in [6.07, 6.45) is 1.76. The van der Waals surface area contributed by atoms with Crippen LogP contribution >= 0.6 is 0 Å². The van der Waals surface area contributed by atoms with Crippen LogP contribution in [0, 0.1) is 0 Å². The van der Waals surface area contributed by atoms with Gasteiger partial charge in [-0.25, -0.2) is 8.42 Å². The summed E-state index contributed by atoms with van der Waals surface area (Å²) in [5, 5.41) is 3.73. The average Bonchev–Trinajstić information content (AvgIpc) is 3.20. The van der Waals surface area contributed by atoms with E-state index < -0.39 is 10.0 Å². The van der Waals surface area contributed by atoms with E-state index in [0.717, 1.165) is 16.5 Å². The molecule has 1 amide bonds. The van der Waals surface area contributed by atoms with E-state index in [0.29, 0.717) is 44.2 Å². The van der Waals surface area contributed by atoms with Crippen LogP contribution in [-0.4, -0.2) is 52.0 Å². The summed E-state index contributed by atoms with van der Waals surface area (Å²) < 4.78 is 42.7. The number of hydrogen-bond acceptors (Lipinski definition) is 6. The minimum atomic E-state index is -3.52. The first kappa shape index (κ1) is 21.4. The molecule has 1 aliphatic rings. The molecule has 0 spiro atoms. The molecule has 2 heterocycles. The Hall–Kier alpha value is -2.88. The van der Waals surface area contributed by atoms with Crippen molar-refractivity contribution in [1.82, 2.24) is 9.62 Å². The molecule has 0 radical (unpaired) electrons. The molecule has 31 heavy (non-hydrogen) atoms. The van der Waals surface area contributed by atoms with Crippen LogP contribution in [0.15, 0.2) is 58.0 Å². The Morgan fingerprint density at radius 3 is 2.58 bits per heavy atom. The average molecular weight is 445 g/mol. The zero-order chi connectivity index (χ0) is 21.8. The first-order valence-electron chi connectivity index (χ1n) is 9.95. The van der Waals surface area contributed by atoms with Crippen LogP contribution in [-0.2, 0) is 32.5 Å². The maximum absolute atomic E-state index is 12.7. The Balaban J connectivity index is 1.35. The minimum Gasteiger partial charge on any atom is -0.497 e. The highest BCUT2D eigenvalue weighted by molar-refractivity contribution is 7.89. The van der Waals surface area contributed by atoms with Crippen molar-refractivity contribution in [3.63, 3.8) is 0 Å². The Labute approximate surface area is 180 Å². The van der Waals surface area contributed by atoms with Crippen molar-refractivity contribution in [3.8, 4) is 5.75 Å². The minimum absolute atomic E-state index is 0.150. The molecule has 1 saturated heterocycles. The van der Waals surface area contributed by atoms with Gasteiger partial charge in [-0.2, -0.15) is 4.31 Å². The van der Waals surface area contributed by atoms with Gasteiger partial charge >= 0.3 is 0 Å². The summed E-state index contributed by atoms with van der Waals surface area (Å²) in [6.45, 7) is 1.83. The third-order valence-corrected chi connectivity index (χ3v) is 7.15. The van der Waals surface area contributed by atoms with Crippen molar-refractivity contribution in [1.29, 1.82) is 0 Å². The predicted octanol–water partition coefficient (Wildman–Crippen LogP) is 2.32. The molecule has 3 aromatic rings. The van der Waals surface area contributed by atoms with Crippen molar-refractivity contribution in [3.05, 3.63) is 59.9 Å². The van der Waals surface area contributed by atoms with Gasteiger partial charge in [0.15, 0.2) is 0 Å². The molecule has 1 aliphatic heterocycles. The Kier molecular flexibility index (Phi) is 6.26. The summed E-state index contributed by atoms with van der Waals surface area (Å²) in [4.78, 5) is 12.6. The molecule has 0 aliphatic carbocycles. The van der Waals surface area contributed by atoms with Crippen LogP contribution in [0.25, 0.3) is 11.0 Å². The molecule has 0 bridgehead atoms. The molecule has 1 fully saturated rings. The zero-order valence-electron chi connectivity index (χ0n) is 17.2. The number of ether oxygens (including phenoxy) is 2. The van der Waals surface area contributed by atoms with E-state index in [1.54, 1.807) is 43.7 Å². The highest BCUT2D eigenvalue weighted by atomic mass is 32.2. The summed E-state index contributed by atoms with van der Waals surface area (Å²) in [5.41, 5.74) is 2.28. The molecule has 0 saturated carbocycles. The normalized spacial score (nSPS) is 15.1. The highest BCUT2D eigenvalue weighted by Crippen LogP contribution is 2.26. The summed E-state index contributed by atoms with van der Waals surface area (Å²) in [6, 6.07) is 12.1. The number of furan rings is 1. The largest absolute Gasteiger partial charge is 0.497 e. The summed E-state index contributed by atoms with van der Waals surface area (Å²) in [7, 11) is -1.94. The van der Waals surface area contributed by atoms with Gasteiger partial charge in [0.2, 0.25) is 15.9 Å². The molecular weight excluding hydrogens is 420 g/mol. The van der Waals surface area contributed by atoms with Crippen molar-refractivity contribution >= 4 is 26.9 Å². The number of methoxy groups -OCH3 is 1. The van der Waals surface area contributed by atoms with E-state index in [2.05, 4.69) is 5.32 Å². The molecule has 0 unspecified atom stereocenters. The van der Waals surface area contributed by atoms with Crippen LogP contribution in [0.1, 0.15) is 11.1 Å². The van der Waals surface area contributed by atoms with Gasteiger partial charge in [0, 0.05) is 36.7 Å². The number of rotatable bonds is 7. The van der Waals surface area contributed by atoms with Gasteiger partial charge in [0.25, 0.3) is 0 Å². The van der Waals surface area contributed by atoms with Crippen molar-refractivity contribution < 1.29 is 27.1 Å². The summed E-state index contributed by atoms with van der Waals surface area (Å²) in [5.74, 6) is 0.542. The van der Waals surface area contributed by atoms with Crippen LogP contribution in [0.3, 0.4) is 0 Å². The monoisotopic (exact) mass is 444 g/mol. The number of nitrogens with zero attached hydrogens (tertiary/aromatic N) is 1. The van der Waals surface area contributed by atoms with Crippen LogP contribution in [0.4, 0.5) is 0 Å². The molecule has 8 nitrogen and oxygen atoms in total. The number of nitrogens with one attached hydrogen (secondary N) is 1. The fraction of sp³-hybridized carbons (Fsp3) is 0.318. The van der Waals surface area contributed by atoms with Crippen LogP contribution in [0.2, 0.25) is 0 Å². The molecule has 164 valence electrons. The lowest BCUT2D eigenvalue weighted by Gasteiger charge is -2.26. The van der Waals surface area contributed by atoms with E-state index in [4.69, 9.17) is 13.9 Å². The van der Waals surface area contributed by atoms with E-state index in [-0.39, 0.29) is 17.2 Å². The van der Waals surface area contributed by atoms with E-state index in [1.807, 2.05) is 12.1 Å². The second-order valence-electron chi connectivity index (χ2n) is 7.24. The quantitative estimate of drug-likeness (QED) is 0.601. The maximum Gasteiger partial charge on any atom is 0.243 e. The van der Waals surface area contributed by atoms with E-state index >= 15 is 0 Å². The lowest BCUT2D eigenvalue weighted by molar-refractivity contribution is -0.120. The van der Waals surface area contributed by atoms with Crippen molar-refractivity contribution in [2.24, 2.45) is 0 Å². The first-order valence-corrected chi connectivity index (χ1v) is 11.4. The van der Waals surface area contributed by atoms with Gasteiger partial charge in [-0.15, -0.1) is 0 Å². The number of morpholine rings is 1. The molecule has 2 aromatic carbocycles. The smallest absolute Gasteiger partial charge is 0.243 e. The van der Waals surface area contributed by atoms with Gasteiger partial charge in [-0.3, -0.25) is 4.79 Å². The first-order chi connectivity index (χ1) is 15.0. The molecule has 4 rings (SSSR count). The van der Waals surface area contributed by atoms with E-state index in [1.165, 1.54) is 4.31 Å². The molecule has 1 aromatic heterocycles. The van der Waals surface area contributed by atoms with E-state index in [9.17, 15) is 13.2 Å². The number of carbonyl (C=O) groups is 1. The summed E-state index contributed by atoms with van der Waals surface area (Å²) >= 11 is 0. The third kappa shape index (κ3) is 4.73. The standard InChI is InChI=1S/C22H24N2O6S/c1-28-18-4-7-20-17(15-30-21(20)13-18)12-22(25)23-14-16-2-5-19(6-3-16)31(26,27)24-8-10-29-11-9-24/h2-7,13,15H,8-12,14H2,1H3,(H,23,25). The lowest BCUT2D eigenvalue weighted by atomic mass is 10.1. The fourth-order valence-electron chi connectivity index (χ4n) is 3.48. The van der Waals surface area contributed by atoms with Gasteiger partial charge in [-0.05, 0) is 29.8 Å². The zero-order valence-corrected chi connectivity index (χ0v) is 18.0. The lowest BCUT2D eigenvalue weighted by Crippen LogP contribution is -2.40. The van der Waals surface area contributed by atoms with Crippen LogP contribution in [0.5, 0.6) is 5.75 Å². The fourth-order valence-corrected chi connectivity index (χ4v) is 4.89. The Bertz CT molecular complexity index is 1160. The number of amides is 1. The number of benzene rings is 2. The Morgan fingerprint density at radius 1 is 1.13 bits per heavy atom. The molecule has 9 heteroatoms. The predicted molar refractivity (Wildman–Crippen MR) is 114 cm³/mol. The maximum atomic E-state index is 12.7. The van der Waals surface area contributed by atoms with Crippen molar-refractivity contribution in [2.45, 2.75) is 17.9 Å². The van der Waals surface area contributed by atoms with Gasteiger partial charge in [0.1, 0.15) is 11.3 Å². The SMILES string of the molecule is COc1ccc2c(CC(=O)NCc3ccc(S(=O)(=O)N4CCOCC4)cc3)coc2c1. The van der Waals surface area contributed by atoms with Gasteiger partial charge < -0.3 is 19.2 Å². The second kappa shape index (κ2) is 9.09. The van der Waals surface area contributed by atoms with Gasteiger partial charge in [-0.1, -0.05) is 12.1 Å². The number of carbonyl (C=O) groups excluding carboxylic acids is 1. The Morgan fingerprint density at radius 2 is 1.87 bits per heavy atom. The third-order valence-electron chi connectivity index (χ3n) is 5.23. The highest BCUT2D eigenvalue weighted by Gasteiger charge is 2.26.